The molecule has 4 fully saturated rings. The van der Waals surface area contributed by atoms with E-state index in [4.69, 9.17) is 0 Å². The minimum absolute atomic E-state index is 0.363. The van der Waals surface area contributed by atoms with Crippen LogP contribution in [0.15, 0.2) is 12.3 Å². The van der Waals surface area contributed by atoms with Crippen LogP contribution < -0.4 is 5.32 Å². The van der Waals surface area contributed by atoms with Gasteiger partial charge in [-0.3, -0.25) is 0 Å². The van der Waals surface area contributed by atoms with Gasteiger partial charge in [-0.1, -0.05) is 13.8 Å². The van der Waals surface area contributed by atoms with Gasteiger partial charge in [0.1, 0.15) is 5.82 Å². The molecule has 21 heavy (non-hydrogen) atoms. The molecule has 114 valence electrons. The quantitative estimate of drug-likeness (QED) is 0.921. The van der Waals surface area contributed by atoms with E-state index in [1.807, 2.05) is 19.2 Å². The van der Waals surface area contributed by atoms with Crippen LogP contribution in [-0.4, -0.2) is 15.5 Å². The second kappa shape index (κ2) is 4.28. The highest BCUT2D eigenvalue weighted by atomic mass is 15.0. The monoisotopic (exact) mass is 285 g/mol. The number of hydrogen-bond acceptors (Lipinski definition) is 3. The van der Waals surface area contributed by atoms with Gasteiger partial charge in [-0.15, -0.1) is 0 Å². The van der Waals surface area contributed by atoms with Gasteiger partial charge in [0, 0.05) is 18.3 Å². The van der Waals surface area contributed by atoms with E-state index in [0.717, 1.165) is 24.0 Å². The standard InChI is InChI=1S/C18H27N3/c1-13-19-5-4-15(21-13)9-20-18-8-14-6-16(2,11-18)10-17(3,7-14)12-18/h4-5,14,20H,6-12H2,1-3H3. The van der Waals surface area contributed by atoms with Crippen LogP contribution in [0.1, 0.15) is 63.9 Å². The number of aromatic nitrogens is 2. The molecule has 1 aromatic rings. The molecule has 4 bridgehead atoms. The summed E-state index contributed by atoms with van der Waals surface area (Å²) in [4.78, 5) is 8.75. The second-order valence-electron chi connectivity index (χ2n) is 8.86. The molecule has 2 atom stereocenters. The van der Waals surface area contributed by atoms with Gasteiger partial charge in [0.2, 0.25) is 0 Å². The van der Waals surface area contributed by atoms with Gasteiger partial charge in [-0.05, 0) is 68.3 Å². The smallest absolute Gasteiger partial charge is 0.125 e. The molecule has 2 unspecified atom stereocenters. The van der Waals surface area contributed by atoms with E-state index in [0.29, 0.717) is 16.4 Å². The van der Waals surface area contributed by atoms with Crippen LogP contribution in [-0.2, 0) is 6.54 Å². The molecular weight excluding hydrogens is 258 g/mol. The molecule has 1 N–H and O–H groups in total. The molecule has 3 nitrogen and oxygen atoms in total. The molecule has 5 rings (SSSR count). The predicted molar refractivity (Wildman–Crippen MR) is 83.7 cm³/mol. The zero-order valence-electron chi connectivity index (χ0n) is 13.6. The fraction of sp³-hybridized carbons (Fsp3) is 0.778. The van der Waals surface area contributed by atoms with E-state index < -0.39 is 0 Å². The summed E-state index contributed by atoms with van der Waals surface area (Å²) in [6.45, 7) is 7.92. The fourth-order valence-electron chi connectivity index (χ4n) is 6.53. The molecule has 3 heteroatoms. The van der Waals surface area contributed by atoms with E-state index in [1.54, 1.807) is 0 Å². The van der Waals surface area contributed by atoms with Crippen LogP contribution in [0.5, 0.6) is 0 Å². The fourth-order valence-corrected chi connectivity index (χ4v) is 6.53. The SMILES string of the molecule is Cc1nccc(CNC23CC4CC(C)(CC(C)(C4)C2)C3)n1. The summed E-state index contributed by atoms with van der Waals surface area (Å²) in [6.07, 6.45) is 10.3. The Labute approximate surface area is 128 Å². The Morgan fingerprint density at radius 2 is 1.86 bits per heavy atom. The highest BCUT2D eigenvalue weighted by molar-refractivity contribution is 5.15. The van der Waals surface area contributed by atoms with E-state index in [2.05, 4.69) is 29.1 Å². The molecule has 4 aliphatic carbocycles. The van der Waals surface area contributed by atoms with Crippen molar-refractivity contribution in [3.8, 4) is 0 Å². The van der Waals surface area contributed by atoms with E-state index >= 15 is 0 Å². The first-order chi connectivity index (χ1) is 9.88. The summed E-state index contributed by atoms with van der Waals surface area (Å²) in [7, 11) is 0. The van der Waals surface area contributed by atoms with Crippen molar-refractivity contribution in [2.75, 3.05) is 0 Å². The Balaban J connectivity index is 1.54. The summed E-state index contributed by atoms with van der Waals surface area (Å²) >= 11 is 0. The molecule has 4 saturated carbocycles. The van der Waals surface area contributed by atoms with Gasteiger partial charge in [0.25, 0.3) is 0 Å². The van der Waals surface area contributed by atoms with Crippen LogP contribution in [0, 0.1) is 23.7 Å². The van der Waals surface area contributed by atoms with Gasteiger partial charge in [0.15, 0.2) is 0 Å². The molecule has 0 aliphatic heterocycles. The third-order valence-electron chi connectivity index (χ3n) is 6.10. The predicted octanol–water partition coefficient (Wildman–Crippen LogP) is 3.62. The molecule has 0 saturated heterocycles. The Morgan fingerprint density at radius 1 is 1.14 bits per heavy atom. The van der Waals surface area contributed by atoms with Gasteiger partial charge in [-0.25, -0.2) is 9.97 Å². The molecule has 1 heterocycles. The molecule has 1 aromatic heterocycles. The van der Waals surface area contributed by atoms with Crippen molar-refractivity contribution in [1.29, 1.82) is 0 Å². The summed E-state index contributed by atoms with van der Waals surface area (Å²) < 4.78 is 0. The number of hydrogen-bond donors (Lipinski definition) is 1. The van der Waals surface area contributed by atoms with Crippen molar-refractivity contribution in [1.82, 2.24) is 15.3 Å². The van der Waals surface area contributed by atoms with Crippen molar-refractivity contribution < 1.29 is 0 Å². The lowest BCUT2D eigenvalue weighted by molar-refractivity contribution is -0.118. The highest BCUT2D eigenvalue weighted by Gasteiger charge is 2.59. The van der Waals surface area contributed by atoms with Gasteiger partial charge >= 0.3 is 0 Å². The van der Waals surface area contributed by atoms with Crippen molar-refractivity contribution in [3.63, 3.8) is 0 Å². The lowest BCUT2D eigenvalue weighted by Crippen LogP contribution is -2.63. The maximum absolute atomic E-state index is 4.55. The lowest BCUT2D eigenvalue weighted by Gasteiger charge is -2.65. The van der Waals surface area contributed by atoms with Crippen molar-refractivity contribution >= 4 is 0 Å². The Morgan fingerprint density at radius 3 is 2.48 bits per heavy atom. The van der Waals surface area contributed by atoms with E-state index in [1.165, 1.54) is 38.5 Å². The molecule has 0 spiro atoms. The zero-order chi connectivity index (χ0) is 14.7. The number of nitrogens with one attached hydrogen (secondary N) is 1. The summed E-state index contributed by atoms with van der Waals surface area (Å²) in [5.74, 6) is 1.81. The largest absolute Gasteiger partial charge is 0.306 e. The zero-order valence-corrected chi connectivity index (χ0v) is 13.6. The Hall–Kier alpha value is -0.960. The second-order valence-corrected chi connectivity index (χ2v) is 8.86. The van der Waals surface area contributed by atoms with Crippen LogP contribution in [0.3, 0.4) is 0 Å². The molecule has 0 radical (unpaired) electrons. The Bertz CT molecular complexity index is 549. The molecule has 0 aromatic carbocycles. The number of aryl methyl sites for hydroxylation is 1. The van der Waals surface area contributed by atoms with Crippen LogP contribution in [0.25, 0.3) is 0 Å². The molecule has 4 aliphatic rings. The first kappa shape index (κ1) is 13.7. The summed E-state index contributed by atoms with van der Waals surface area (Å²) in [6, 6.07) is 2.05. The molecule has 0 amide bonds. The molecular formula is C18H27N3. The highest BCUT2D eigenvalue weighted by Crippen LogP contribution is 2.66. The van der Waals surface area contributed by atoms with Crippen LogP contribution in [0.2, 0.25) is 0 Å². The number of nitrogens with zero attached hydrogens (tertiary/aromatic N) is 2. The lowest BCUT2D eigenvalue weighted by atomic mass is 9.43. The van der Waals surface area contributed by atoms with E-state index in [-0.39, 0.29) is 0 Å². The summed E-state index contributed by atoms with van der Waals surface area (Å²) in [5.41, 5.74) is 2.64. The van der Waals surface area contributed by atoms with Gasteiger partial charge < -0.3 is 5.32 Å². The van der Waals surface area contributed by atoms with Crippen molar-refractivity contribution in [2.24, 2.45) is 16.7 Å². The van der Waals surface area contributed by atoms with Crippen molar-refractivity contribution in [2.45, 2.75) is 71.4 Å². The Kier molecular flexibility index (Phi) is 2.79. The topological polar surface area (TPSA) is 37.8 Å². The average Bonchev–Trinajstić information content (AvgIpc) is 2.32. The van der Waals surface area contributed by atoms with Crippen molar-refractivity contribution in [3.05, 3.63) is 23.8 Å². The first-order valence-electron chi connectivity index (χ1n) is 8.41. The first-order valence-corrected chi connectivity index (χ1v) is 8.41. The minimum Gasteiger partial charge on any atom is -0.306 e. The van der Waals surface area contributed by atoms with Crippen LogP contribution in [0.4, 0.5) is 0 Å². The summed E-state index contributed by atoms with van der Waals surface area (Å²) in [5, 5.41) is 3.93. The van der Waals surface area contributed by atoms with Gasteiger partial charge in [-0.2, -0.15) is 0 Å². The van der Waals surface area contributed by atoms with Gasteiger partial charge in [0.05, 0.1) is 5.69 Å². The van der Waals surface area contributed by atoms with E-state index in [9.17, 15) is 0 Å². The third kappa shape index (κ3) is 2.40. The average molecular weight is 285 g/mol. The van der Waals surface area contributed by atoms with Crippen LogP contribution >= 0.6 is 0 Å². The minimum atomic E-state index is 0.363. The number of rotatable bonds is 3. The maximum Gasteiger partial charge on any atom is 0.125 e. The third-order valence-corrected chi connectivity index (χ3v) is 6.10. The maximum atomic E-state index is 4.55. The normalized spacial score (nSPS) is 44.2.